The molecule has 0 spiro atoms. The molecular formula is C20H38O6. The molecular weight excluding hydrogens is 336 g/mol. The summed E-state index contributed by atoms with van der Waals surface area (Å²) in [6, 6.07) is 0. The van der Waals surface area contributed by atoms with Crippen molar-refractivity contribution in [3.8, 4) is 0 Å². The molecule has 2 rings (SSSR count). The Labute approximate surface area is 158 Å². The van der Waals surface area contributed by atoms with Gasteiger partial charge in [-0.05, 0) is 51.4 Å². The molecule has 154 valence electrons. The van der Waals surface area contributed by atoms with Gasteiger partial charge in [-0.3, -0.25) is 0 Å². The maximum Gasteiger partial charge on any atom is 0.157 e. The first kappa shape index (κ1) is 22.1. The van der Waals surface area contributed by atoms with Crippen LogP contribution in [0.5, 0.6) is 0 Å². The molecule has 0 atom stereocenters. The standard InChI is InChI=1S/C20H38O6/c1(11-21-13-7-9-19-23-15-3-4-16-24-19)2-12-22-14-8-10-20-25-17-5-6-18-26-20/h19-20H,1-18H2. The van der Waals surface area contributed by atoms with Gasteiger partial charge in [0, 0.05) is 65.7 Å². The molecule has 0 aromatic heterocycles. The molecule has 2 aliphatic rings. The number of unbranched alkanes of at least 4 members (excludes halogenated alkanes) is 1. The van der Waals surface area contributed by atoms with Crippen molar-refractivity contribution in [2.45, 2.75) is 76.8 Å². The molecule has 26 heavy (non-hydrogen) atoms. The van der Waals surface area contributed by atoms with Crippen molar-refractivity contribution in [3.63, 3.8) is 0 Å². The van der Waals surface area contributed by atoms with Gasteiger partial charge in [0.25, 0.3) is 0 Å². The molecule has 0 bridgehead atoms. The SMILES string of the molecule is C(CCOCCCC1OCCCCO1)COCCCC1OCCCCO1. The predicted octanol–water partition coefficient (Wildman–Crippen LogP) is 3.67. The summed E-state index contributed by atoms with van der Waals surface area (Å²) in [7, 11) is 0. The minimum atomic E-state index is -0.0247. The van der Waals surface area contributed by atoms with Crippen LogP contribution in [-0.2, 0) is 28.4 Å². The Balaban J connectivity index is 1.28. The van der Waals surface area contributed by atoms with Gasteiger partial charge in [-0.15, -0.1) is 0 Å². The lowest BCUT2D eigenvalue weighted by Crippen LogP contribution is -2.16. The van der Waals surface area contributed by atoms with E-state index >= 15 is 0 Å². The van der Waals surface area contributed by atoms with E-state index in [9.17, 15) is 0 Å². The first-order chi connectivity index (χ1) is 12.9. The van der Waals surface area contributed by atoms with Crippen molar-refractivity contribution >= 4 is 0 Å². The molecule has 6 nitrogen and oxygen atoms in total. The lowest BCUT2D eigenvalue weighted by Gasteiger charge is -2.15. The largest absolute Gasteiger partial charge is 0.381 e. The summed E-state index contributed by atoms with van der Waals surface area (Å²) in [6.07, 6.45) is 10.3. The maximum atomic E-state index is 5.68. The van der Waals surface area contributed by atoms with E-state index in [4.69, 9.17) is 28.4 Å². The van der Waals surface area contributed by atoms with Gasteiger partial charge in [0.05, 0.1) is 0 Å². The molecule has 0 amide bonds. The summed E-state index contributed by atoms with van der Waals surface area (Å²) >= 11 is 0. The predicted molar refractivity (Wildman–Crippen MR) is 99.2 cm³/mol. The molecule has 0 aromatic carbocycles. The van der Waals surface area contributed by atoms with Gasteiger partial charge in [0.15, 0.2) is 12.6 Å². The van der Waals surface area contributed by atoms with Gasteiger partial charge in [-0.1, -0.05) is 0 Å². The summed E-state index contributed by atoms with van der Waals surface area (Å²) in [4.78, 5) is 0. The van der Waals surface area contributed by atoms with Crippen molar-refractivity contribution in [2.24, 2.45) is 0 Å². The minimum Gasteiger partial charge on any atom is -0.381 e. The van der Waals surface area contributed by atoms with E-state index < -0.39 is 0 Å². The quantitative estimate of drug-likeness (QED) is 0.459. The van der Waals surface area contributed by atoms with Crippen LogP contribution in [-0.4, -0.2) is 65.4 Å². The second-order valence-electron chi connectivity index (χ2n) is 6.97. The molecule has 2 saturated heterocycles. The minimum absolute atomic E-state index is 0.0247. The highest BCUT2D eigenvalue weighted by molar-refractivity contribution is 4.53. The topological polar surface area (TPSA) is 55.4 Å². The van der Waals surface area contributed by atoms with E-state index in [-0.39, 0.29) is 12.6 Å². The monoisotopic (exact) mass is 374 g/mol. The van der Waals surface area contributed by atoms with Crippen LogP contribution in [0.3, 0.4) is 0 Å². The van der Waals surface area contributed by atoms with Crippen LogP contribution in [0.1, 0.15) is 64.2 Å². The second kappa shape index (κ2) is 15.8. The van der Waals surface area contributed by atoms with Crippen molar-refractivity contribution in [3.05, 3.63) is 0 Å². The Morgan fingerprint density at radius 3 is 1.23 bits per heavy atom. The van der Waals surface area contributed by atoms with Crippen LogP contribution in [0.2, 0.25) is 0 Å². The molecule has 0 aromatic rings. The highest BCUT2D eigenvalue weighted by Crippen LogP contribution is 2.12. The van der Waals surface area contributed by atoms with Crippen LogP contribution >= 0.6 is 0 Å². The van der Waals surface area contributed by atoms with Crippen molar-refractivity contribution in [1.82, 2.24) is 0 Å². The van der Waals surface area contributed by atoms with Crippen LogP contribution < -0.4 is 0 Å². The number of rotatable bonds is 13. The Morgan fingerprint density at radius 1 is 0.500 bits per heavy atom. The van der Waals surface area contributed by atoms with Gasteiger partial charge in [-0.25, -0.2) is 0 Å². The van der Waals surface area contributed by atoms with Gasteiger partial charge < -0.3 is 28.4 Å². The van der Waals surface area contributed by atoms with E-state index in [2.05, 4.69) is 0 Å². The fourth-order valence-electron chi connectivity index (χ4n) is 3.01. The zero-order valence-electron chi connectivity index (χ0n) is 16.3. The average Bonchev–Trinajstić information content (AvgIpc) is 3.07. The summed E-state index contributed by atoms with van der Waals surface area (Å²) < 4.78 is 33.9. The molecule has 0 saturated carbocycles. The highest BCUT2D eigenvalue weighted by Gasteiger charge is 2.13. The third-order valence-electron chi connectivity index (χ3n) is 4.58. The normalized spacial score (nSPS) is 20.8. The van der Waals surface area contributed by atoms with E-state index in [0.717, 1.165) is 117 Å². The number of ether oxygens (including phenoxy) is 6. The first-order valence-electron chi connectivity index (χ1n) is 10.6. The van der Waals surface area contributed by atoms with E-state index in [0.29, 0.717) is 0 Å². The van der Waals surface area contributed by atoms with Crippen molar-refractivity contribution in [2.75, 3.05) is 52.9 Å². The summed E-state index contributed by atoms with van der Waals surface area (Å²) in [5.74, 6) is 0. The van der Waals surface area contributed by atoms with Crippen molar-refractivity contribution in [1.29, 1.82) is 0 Å². The average molecular weight is 375 g/mol. The highest BCUT2D eigenvalue weighted by atomic mass is 16.7. The molecule has 6 heteroatoms. The third kappa shape index (κ3) is 11.5. The summed E-state index contributed by atoms with van der Waals surface area (Å²) in [6.45, 7) is 6.48. The first-order valence-corrected chi connectivity index (χ1v) is 10.6. The van der Waals surface area contributed by atoms with Crippen LogP contribution in [0.25, 0.3) is 0 Å². The van der Waals surface area contributed by atoms with Crippen LogP contribution in [0.15, 0.2) is 0 Å². The molecule has 0 unspecified atom stereocenters. The Kier molecular flexibility index (Phi) is 13.4. The smallest absolute Gasteiger partial charge is 0.157 e. The Hall–Kier alpha value is -0.240. The summed E-state index contributed by atoms with van der Waals surface area (Å²) in [5, 5.41) is 0. The van der Waals surface area contributed by atoms with Gasteiger partial charge >= 0.3 is 0 Å². The molecule has 0 radical (unpaired) electrons. The molecule has 2 heterocycles. The van der Waals surface area contributed by atoms with Gasteiger partial charge in [0.1, 0.15) is 0 Å². The van der Waals surface area contributed by atoms with Gasteiger partial charge in [0.2, 0.25) is 0 Å². The number of hydrogen-bond acceptors (Lipinski definition) is 6. The Bertz CT molecular complexity index is 269. The lowest BCUT2D eigenvalue weighted by atomic mass is 10.3. The summed E-state index contributed by atoms with van der Waals surface area (Å²) in [5.41, 5.74) is 0. The fraction of sp³-hybridized carbons (Fsp3) is 1.00. The van der Waals surface area contributed by atoms with E-state index in [1.54, 1.807) is 0 Å². The fourth-order valence-corrected chi connectivity index (χ4v) is 3.01. The molecule has 0 N–H and O–H groups in total. The molecule has 2 fully saturated rings. The van der Waals surface area contributed by atoms with E-state index in [1.165, 1.54) is 0 Å². The molecule has 0 aliphatic carbocycles. The zero-order chi connectivity index (χ0) is 18.1. The Morgan fingerprint density at radius 2 is 0.846 bits per heavy atom. The lowest BCUT2D eigenvalue weighted by molar-refractivity contribution is -0.132. The second-order valence-corrected chi connectivity index (χ2v) is 6.97. The third-order valence-corrected chi connectivity index (χ3v) is 4.58. The maximum absolute atomic E-state index is 5.68. The van der Waals surface area contributed by atoms with Crippen LogP contribution in [0.4, 0.5) is 0 Å². The molecule has 2 aliphatic heterocycles. The van der Waals surface area contributed by atoms with Crippen LogP contribution in [0, 0.1) is 0 Å². The van der Waals surface area contributed by atoms with E-state index in [1.807, 2.05) is 0 Å². The van der Waals surface area contributed by atoms with Crippen molar-refractivity contribution < 1.29 is 28.4 Å². The van der Waals surface area contributed by atoms with Gasteiger partial charge in [-0.2, -0.15) is 0 Å². The number of hydrogen-bond donors (Lipinski definition) is 0. The zero-order valence-corrected chi connectivity index (χ0v) is 16.3.